The average molecular weight is 261 g/mol. The third-order valence-electron chi connectivity index (χ3n) is 2.74. The molecule has 0 radical (unpaired) electrons. The van der Waals surface area contributed by atoms with Crippen molar-refractivity contribution >= 4 is 22.2 Å². The van der Waals surface area contributed by atoms with Gasteiger partial charge in [0.2, 0.25) is 0 Å². The Labute approximate surface area is 112 Å². The van der Waals surface area contributed by atoms with Gasteiger partial charge in [-0.1, -0.05) is 12.1 Å². The van der Waals surface area contributed by atoms with Gasteiger partial charge in [0.05, 0.1) is 5.69 Å². The maximum Gasteiger partial charge on any atom is 0.190 e. The van der Waals surface area contributed by atoms with Gasteiger partial charge in [-0.3, -0.25) is 0 Å². The summed E-state index contributed by atoms with van der Waals surface area (Å²) in [5.74, 6) is 0. The highest BCUT2D eigenvalue weighted by Gasteiger charge is 2.12. The highest BCUT2D eigenvalue weighted by Crippen LogP contribution is 2.29. The van der Waals surface area contributed by atoms with E-state index in [9.17, 15) is 0 Å². The number of aromatic nitrogens is 1. The van der Waals surface area contributed by atoms with Crippen LogP contribution in [0.3, 0.4) is 0 Å². The largest absolute Gasteiger partial charge is 0.330 e. The van der Waals surface area contributed by atoms with Crippen molar-refractivity contribution in [2.24, 2.45) is 5.73 Å². The van der Waals surface area contributed by atoms with E-state index in [1.807, 2.05) is 6.92 Å². The SMILES string of the molecule is Cc1cccc(N(CCCN)c2nc(C)cs2)c1. The Morgan fingerprint density at radius 1 is 1.33 bits per heavy atom. The average Bonchev–Trinajstić information content (AvgIpc) is 2.76. The van der Waals surface area contributed by atoms with E-state index < -0.39 is 0 Å². The number of rotatable bonds is 5. The molecule has 0 aliphatic carbocycles. The van der Waals surface area contributed by atoms with E-state index in [0.29, 0.717) is 6.54 Å². The molecule has 0 saturated carbocycles. The maximum atomic E-state index is 5.62. The Morgan fingerprint density at radius 2 is 2.17 bits per heavy atom. The summed E-state index contributed by atoms with van der Waals surface area (Å²) in [6, 6.07) is 8.51. The normalized spacial score (nSPS) is 10.6. The van der Waals surface area contributed by atoms with Crippen molar-refractivity contribution in [3.05, 3.63) is 40.9 Å². The number of nitrogens with zero attached hydrogens (tertiary/aromatic N) is 2. The standard InChI is InChI=1S/C14H19N3S/c1-11-5-3-6-13(9-11)17(8-4-7-15)14-16-12(2)10-18-14/h3,5-6,9-10H,4,7-8,15H2,1-2H3. The zero-order chi connectivity index (χ0) is 13.0. The van der Waals surface area contributed by atoms with Gasteiger partial charge in [0.15, 0.2) is 5.13 Å². The summed E-state index contributed by atoms with van der Waals surface area (Å²) in [6.07, 6.45) is 0.965. The van der Waals surface area contributed by atoms with Gasteiger partial charge in [-0.05, 0) is 44.5 Å². The third kappa shape index (κ3) is 3.09. The summed E-state index contributed by atoms with van der Waals surface area (Å²) in [5.41, 5.74) is 9.15. The van der Waals surface area contributed by atoms with Crippen molar-refractivity contribution in [3.63, 3.8) is 0 Å². The van der Waals surface area contributed by atoms with Gasteiger partial charge in [-0.2, -0.15) is 0 Å². The molecular formula is C14H19N3S. The van der Waals surface area contributed by atoms with E-state index in [0.717, 1.165) is 23.8 Å². The molecular weight excluding hydrogens is 242 g/mol. The van der Waals surface area contributed by atoms with Crippen LogP contribution in [0, 0.1) is 13.8 Å². The number of thiazole rings is 1. The highest BCUT2D eigenvalue weighted by atomic mass is 32.1. The van der Waals surface area contributed by atoms with Gasteiger partial charge in [0, 0.05) is 17.6 Å². The Bertz CT molecular complexity index is 507. The first-order valence-electron chi connectivity index (χ1n) is 6.17. The molecule has 96 valence electrons. The molecule has 0 fully saturated rings. The molecule has 2 rings (SSSR count). The van der Waals surface area contributed by atoms with Crippen LogP contribution in [-0.4, -0.2) is 18.1 Å². The summed E-state index contributed by atoms with van der Waals surface area (Å²) in [4.78, 5) is 6.82. The Balaban J connectivity index is 2.30. The minimum Gasteiger partial charge on any atom is -0.330 e. The van der Waals surface area contributed by atoms with Crippen molar-refractivity contribution in [1.82, 2.24) is 4.98 Å². The van der Waals surface area contributed by atoms with Crippen LogP contribution in [0.15, 0.2) is 29.6 Å². The lowest BCUT2D eigenvalue weighted by atomic mass is 10.2. The van der Waals surface area contributed by atoms with Crippen LogP contribution in [0.25, 0.3) is 0 Å². The van der Waals surface area contributed by atoms with Crippen LogP contribution in [-0.2, 0) is 0 Å². The summed E-state index contributed by atoms with van der Waals surface area (Å²) in [7, 11) is 0. The van der Waals surface area contributed by atoms with Crippen molar-refractivity contribution < 1.29 is 0 Å². The summed E-state index contributed by atoms with van der Waals surface area (Å²) in [6.45, 7) is 5.74. The second-order valence-corrected chi connectivity index (χ2v) is 5.24. The van der Waals surface area contributed by atoms with Gasteiger partial charge in [0.25, 0.3) is 0 Å². The molecule has 2 N–H and O–H groups in total. The molecule has 1 aromatic carbocycles. The number of benzene rings is 1. The molecule has 0 spiro atoms. The second kappa shape index (κ2) is 5.98. The Kier molecular flexibility index (Phi) is 4.33. The highest BCUT2D eigenvalue weighted by molar-refractivity contribution is 7.13. The molecule has 0 aliphatic heterocycles. The van der Waals surface area contributed by atoms with Crippen LogP contribution in [0.4, 0.5) is 10.8 Å². The predicted molar refractivity (Wildman–Crippen MR) is 78.7 cm³/mol. The van der Waals surface area contributed by atoms with Crippen LogP contribution < -0.4 is 10.6 Å². The smallest absolute Gasteiger partial charge is 0.190 e. The number of hydrogen-bond acceptors (Lipinski definition) is 4. The lowest BCUT2D eigenvalue weighted by molar-refractivity contribution is 0.814. The molecule has 3 nitrogen and oxygen atoms in total. The van der Waals surface area contributed by atoms with E-state index in [4.69, 9.17) is 5.73 Å². The zero-order valence-electron chi connectivity index (χ0n) is 10.9. The number of aryl methyl sites for hydroxylation is 2. The van der Waals surface area contributed by atoms with Crippen LogP contribution >= 0.6 is 11.3 Å². The molecule has 18 heavy (non-hydrogen) atoms. The fourth-order valence-electron chi connectivity index (χ4n) is 1.85. The van der Waals surface area contributed by atoms with Crippen LogP contribution in [0.1, 0.15) is 17.7 Å². The topological polar surface area (TPSA) is 42.1 Å². The summed E-state index contributed by atoms with van der Waals surface area (Å²) < 4.78 is 0. The first kappa shape index (κ1) is 13.1. The van der Waals surface area contributed by atoms with Crippen LogP contribution in [0.2, 0.25) is 0 Å². The summed E-state index contributed by atoms with van der Waals surface area (Å²) in [5, 5.41) is 3.13. The molecule has 0 atom stereocenters. The van der Waals surface area contributed by atoms with E-state index in [1.54, 1.807) is 11.3 Å². The monoisotopic (exact) mass is 261 g/mol. The van der Waals surface area contributed by atoms with E-state index in [2.05, 4.69) is 46.5 Å². The Hall–Kier alpha value is -1.39. The number of anilines is 2. The number of nitrogens with two attached hydrogens (primary N) is 1. The molecule has 4 heteroatoms. The third-order valence-corrected chi connectivity index (χ3v) is 3.72. The van der Waals surface area contributed by atoms with Crippen molar-refractivity contribution in [3.8, 4) is 0 Å². The zero-order valence-corrected chi connectivity index (χ0v) is 11.7. The fraction of sp³-hybridized carbons (Fsp3) is 0.357. The van der Waals surface area contributed by atoms with E-state index in [-0.39, 0.29) is 0 Å². The molecule has 0 unspecified atom stereocenters. The van der Waals surface area contributed by atoms with Gasteiger partial charge in [-0.15, -0.1) is 11.3 Å². The molecule has 1 heterocycles. The lowest BCUT2D eigenvalue weighted by Gasteiger charge is -2.22. The second-order valence-electron chi connectivity index (χ2n) is 4.40. The Morgan fingerprint density at radius 3 is 2.78 bits per heavy atom. The van der Waals surface area contributed by atoms with Gasteiger partial charge < -0.3 is 10.6 Å². The van der Waals surface area contributed by atoms with Gasteiger partial charge >= 0.3 is 0 Å². The predicted octanol–water partition coefficient (Wildman–Crippen LogP) is 3.25. The van der Waals surface area contributed by atoms with E-state index >= 15 is 0 Å². The van der Waals surface area contributed by atoms with Crippen molar-refractivity contribution in [2.75, 3.05) is 18.0 Å². The van der Waals surface area contributed by atoms with Crippen LogP contribution in [0.5, 0.6) is 0 Å². The molecule has 2 aromatic rings. The molecule has 0 amide bonds. The fourth-order valence-corrected chi connectivity index (χ4v) is 2.70. The van der Waals surface area contributed by atoms with Gasteiger partial charge in [-0.25, -0.2) is 4.98 Å². The van der Waals surface area contributed by atoms with Crippen molar-refractivity contribution in [1.29, 1.82) is 0 Å². The minimum atomic E-state index is 0.701. The first-order valence-corrected chi connectivity index (χ1v) is 7.05. The van der Waals surface area contributed by atoms with Crippen molar-refractivity contribution in [2.45, 2.75) is 20.3 Å². The maximum absolute atomic E-state index is 5.62. The molecule has 0 bridgehead atoms. The molecule has 0 aliphatic rings. The molecule has 0 saturated heterocycles. The minimum absolute atomic E-state index is 0.701. The quantitative estimate of drug-likeness (QED) is 0.898. The molecule has 1 aromatic heterocycles. The van der Waals surface area contributed by atoms with Gasteiger partial charge in [0.1, 0.15) is 0 Å². The number of hydrogen-bond donors (Lipinski definition) is 1. The first-order chi connectivity index (χ1) is 8.70. The lowest BCUT2D eigenvalue weighted by Crippen LogP contribution is -2.20. The van der Waals surface area contributed by atoms with E-state index in [1.165, 1.54) is 11.3 Å². The summed E-state index contributed by atoms with van der Waals surface area (Å²) >= 11 is 1.68.